The molecule has 1 aromatic carbocycles. The lowest BCUT2D eigenvalue weighted by Crippen LogP contribution is -2.51. The molecule has 1 amide bonds. The number of aryl methyl sites for hydroxylation is 1. The first-order valence-corrected chi connectivity index (χ1v) is 7.73. The fraction of sp³-hybridized carbons (Fsp3) is 0.588. The molecular weight excluding hydrogens is 264 g/mol. The summed E-state index contributed by atoms with van der Waals surface area (Å²) >= 11 is 0. The van der Waals surface area contributed by atoms with E-state index in [0.29, 0.717) is 6.42 Å². The van der Waals surface area contributed by atoms with Crippen LogP contribution in [0.2, 0.25) is 0 Å². The van der Waals surface area contributed by atoms with Gasteiger partial charge < -0.3 is 14.5 Å². The van der Waals surface area contributed by atoms with Crippen LogP contribution in [0.15, 0.2) is 18.2 Å². The van der Waals surface area contributed by atoms with E-state index in [1.807, 2.05) is 30.9 Å². The number of carbonyl (C=O) groups is 1. The van der Waals surface area contributed by atoms with Gasteiger partial charge >= 0.3 is 0 Å². The van der Waals surface area contributed by atoms with Gasteiger partial charge in [-0.3, -0.25) is 4.79 Å². The summed E-state index contributed by atoms with van der Waals surface area (Å²) in [7, 11) is 2.09. The molecule has 116 valence electrons. The average molecular weight is 290 g/mol. The molecule has 21 heavy (non-hydrogen) atoms. The van der Waals surface area contributed by atoms with Gasteiger partial charge in [-0.1, -0.05) is 19.1 Å². The molecule has 1 saturated heterocycles. The van der Waals surface area contributed by atoms with Gasteiger partial charge in [0, 0.05) is 26.2 Å². The van der Waals surface area contributed by atoms with Gasteiger partial charge in [0.25, 0.3) is 5.91 Å². The van der Waals surface area contributed by atoms with E-state index >= 15 is 0 Å². The molecule has 4 heteroatoms. The second-order valence-electron chi connectivity index (χ2n) is 5.84. The highest BCUT2D eigenvalue weighted by Crippen LogP contribution is 2.23. The van der Waals surface area contributed by atoms with Crippen LogP contribution >= 0.6 is 0 Å². The third-order valence-electron chi connectivity index (χ3n) is 4.29. The number of benzene rings is 1. The molecule has 0 saturated carbocycles. The maximum Gasteiger partial charge on any atom is 0.263 e. The molecule has 4 nitrogen and oxygen atoms in total. The third-order valence-corrected chi connectivity index (χ3v) is 4.29. The Hall–Kier alpha value is -1.55. The summed E-state index contributed by atoms with van der Waals surface area (Å²) in [5.74, 6) is 0.941. The minimum atomic E-state index is -0.381. The molecule has 0 N–H and O–H groups in total. The van der Waals surface area contributed by atoms with E-state index in [9.17, 15) is 4.79 Å². The second kappa shape index (κ2) is 6.94. The van der Waals surface area contributed by atoms with Gasteiger partial charge in [0.1, 0.15) is 5.75 Å². The highest BCUT2D eigenvalue weighted by atomic mass is 16.5. The number of amides is 1. The third kappa shape index (κ3) is 3.76. The Balaban J connectivity index is 2.05. The smallest absolute Gasteiger partial charge is 0.263 e. The number of hydrogen-bond acceptors (Lipinski definition) is 3. The van der Waals surface area contributed by atoms with Gasteiger partial charge in [-0.2, -0.15) is 0 Å². The Morgan fingerprint density at radius 2 is 1.90 bits per heavy atom. The molecular formula is C17H26N2O2. The van der Waals surface area contributed by atoms with Crippen LogP contribution in [0.4, 0.5) is 0 Å². The van der Waals surface area contributed by atoms with Crippen molar-refractivity contribution in [3.05, 3.63) is 29.3 Å². The van der Waals surface area contributed by atoms with Crippen molar-refractivity contribution < 1.29 is 9.53 Å². The van der Waals surface area contributed by atoms with Crippen molar-refractivity contribution in [2.45, 2.75) is 33.3 Å². The SMILES string of the molecule is CCC(Oc1cccc(C)c1C)C(=O)N1CCN(C)CC1. The van der Waals surface area contributed by atoms with Crippen molar-refractivity contribution in [2.24, 2.45) is 0 Å². The van der Waals surface area contributed by atoms with Crippen LogP contribution in [-0.4, -0.2) is 55.0 Å². The molecule has 1 heterocycles. The fourth-order valence-electron chi connectivity index (χ4n) is 2.54. The van der Waals surface area contributed by atoms with E-state index in [2.05, 4.69) is 24.9 Å². The Morgan fingerprint density at radius 3 is 2.52 bits per heavy atom. The van der Waals surface area contributed by atoms with Gasteiger partial charge in [0.2, 0.25) is 0 Å². The molecule has 2 rings (SSSR count). The Labute approximate surface area is 127 Å². The second-order valence-corrected chi connectivity index (χ2v) is 5.84. The van der Waals surface area contributed by atoms with Crippen molar-refractivity contribution in [3.8, 4) is 5.75 Å². The first kappa shape index (κ1) is 15.8. The summed E-state index contributed by atoms with van der Waals surface area (Å²) < 4.78 is 6.01. The van der Waals surface area contributed by atoms with E-state index in [-0.39, 0.29) is 12.0 Å². The lowest BCUT2D eigenvalue weighted by molar-refractivity contribution is -0.140. The number of hydrogen-bond donors (Lipinski definition) is 0. The monoisotopic (exact) mass is 290 g/mol. The zero-order valence-corrected chi connectivity index (χ0v) is 13.6. The molecule has 1 unspecified atom stereocenters. The highest BCUT2D eigenvalue weighted by Gasteiger charge is 2.27. The van der Waals surface area contributed by atoms with Crippen LogP contribution in [0, 0.1) is 13.8 Å². The highest BCUT2D eigenvalue weighted by molar-refractivity contribution is 5.81. The van der Waals surface area contributed by atoms with Gasteiger partial charge in [-0.25, -0.2) is 0 Å². The molecule has 1 aromatic rings. The molecule has 1 fully saturated rings. The van der Waals surface area contributed by atoms with E-state index in [1.165, 1.54) is 5.56 Å². The number of ether oxygens (including phenoxy) is 1. The van der Waals surface area contributed by atoms with Crippen LogP contribution in [0.3, 0.4) is 0 Å². The lowest BCUT2D eigenvalue weighted by atomic mass is 10.1. The normalized spacial score (nSPS) is 17.6. The molecule has 1 atom stereocenters. The van der Waals surface area contributed by atoms with Crippen LogP contribution in [0.5, 0.6) is 5.75 Å². The number of piperazine rings is 1. The molecule has 0 radical (unpaired) electrons. The summed E-state index contributed by atoms with van der Waals surface area (Å²) in [6.07, 6.45) is 0.312. The standard InChI is InChI=1S/C17H26N2O2/c1-5-15(17(20)19-11-9-18(4)10-12-19)21-16-8-6-7-13(2)14(16)3/h6-8,15H,5,9-12H2,1-4H3. The van der Waals surface area contributed by atoms with E-state index < -0.39 is 0 Å². The first-order chi connectivity index (χ1) is 10.0. The summed E-state index contributed by atoms with van der Waals surface area (Å²) in [5.41, 5.74) is 2.30. The van der Waals surface area contributed by atoms with Crippen molar-refractivity contribution in [2.75, 3.05) is 33.2 Å². The average Bonchev–Trinajstić information content (AvgIpc) is 2.49. The van der Waals surface area contributed by atoms with Crippen molar-refractivity contribution >= 4 is 5.91 Å². The van der Waals surface area contributed by atoms with Gasteiger partial charge in [0.15, 0.2) is 6.10 Å². The predicted molar refractivity (Wildman–Crippen MR) is 84.7 cm³/mol. The molecule has 0 bridgehead atoms. The van der Waals surface area contributed by atoms with Gasteiger partial charge in [-0.05, 0) is 44.5 Å². The molecule has 0 spiro atoms. The zero-order chi connectivity index (χ0) is 15.4. The van der Waals surface area contributed by atoms with E-state index in [1.54, 1.807) is 0 Å². The van der Waals surface area contributed by atoms with Crippen LogP contribution in [0.25, 0.3) is 0 Å². The maximum absolute atomic E-state index is 12.6. The van der Waals surface area contributed by atoms with Crippen molar-refractivity contribution in [3.63, 3.8) is 0 Å². The number of likely N-dealkylation sites (N-methyl/N-ethyl adjacent to an activating group) is 1. The Bertz CT molecular complexity index is 494. The number of carbonyl (C=O) groups excluding carboxylic acids is 1. The predicted octanol–water partition coefficient (Wildman–Crippen LogP) is 2.23. The van der Waals surface area contributed by atoms with Gasteiger partial charge in [-0.15, -0.1) is 0 Å². The Kier molecular flexibility index (Phi) is 5.23. The summed E-state index contributed by atoms with van der Waals surface area (Å²) in [5, 5.41) is 0. The van der Waals surface area contributed by atoms with E-state index in [0.717, 1.165) is 37.5 Å². The van der Waals surface area contributed by atoms with Crippen LogP contribution < -0.4 is 4.74 Å². The maximum atomic E-state index is 12.6. The zero-order valence-electron chi connectivity index (χ0n) is 13.6. The summed E-state index contributed by atoms with van der Waals surface area (Å²) in [4.78, 5) is 16.8. The Morgan fingerprint density at radius 1 is 1.24 bits per heavy atom. The molecule has 0 aromatic heterocycles. The summed E-state index contributed by atoms with van der Waals surface area (Å²) in [6.45, 7) is 9.56. The molecule has 1 aliphatic heterocycles. The number of rotatable bonds is 4. The van der Waals surface area contributed by atoms with Gasteiger partial charge in [0.05, 0.1) is 0 Å². The molecule has 1 aliphatic rings. The fourth-order valence-corrected chi connectivity index (χ4v) is 2.54. The molecule has 0 aliphatic carbocycles. The van der Waals surface area contributed by atoms with Crippen LogP contribution in [0.1, 0.15) is 24.5 Å². The van der Waals surface area contributed by atoms with Crippen LogP contribution in [-0.2, 0) is 4.79 Å². The first-order valence-electron chi connectivity index (χ1n) is 7.73. The summed E-state index contributed by atoms with van der Waals surface area (Å²) in [6, 6.07) is 5.98. The topological polar surface area (TPSA) is 32.8 Å². The minimum Gasteiger partial charge on any atom is -0.480 e. The number of nitrogens with zero attached hydrogens (tertiary/aromatic N) is 2. The quantitative estimate of drug-likeness (QED) is 0.852. The largest absolute Gasteiger partial charge is 0.480 e. The van der Waals surface area contributed by atoms with Crippen molar-refractivity contribution in [1.82, 2.24) is 9.80 Å². The van der Waals surface area contributed by atoms with Crippen molar-refractivity contribution in [1.29, 1.82) is 0 Å². The van der Waals surface area contributed by atoms with E-state index in [4.69, 9.17) is 4.74 Å². The minimum absolute atomic E-state index is 0.117. The lowest BCUT2D eigenvalue weighted by Gasteiger charge is -2.34.